The van der Waals surface area contributed by atoms with Crippen molar-refractivity contribution < 1.29 is 38.1 Å². The Hall–Kier alpha value is -5.60. The largest absolute Gasteiger partial charge is 0.492 e. The molecule has 0 unspecified atom stereocenters. The van der Waals surface area contributed by atoms with Gasteiger partial charge in [0, 0.05) is 103 Å². The summed E-state index contributed by atoms with van der Waals surface area (Å²) >= 11 is 8.17. The molecule has 4 fully saturated rings. The lowest BCUT2D eigenvalue weighted by Gasteiger charge is -2.40. The molecule has 88 heavy (non-hydrogen) atoms. The molecule has 14 nitrogen and oxygen atoms in total. The van der Waals surface area contributed by atoms with Crippen LogP contribution in [0.1, 0.15) is 191 Å². The van der Waals surface area contributed by atoms with Crippen LogP contribution in [-0.4, -0.2) is 104 Å². The Labute approximate surface area is 537 Å². The summed E-state index contributed by atoms with van der Waals surface area (Å²) in [6.45, 7) is 12.6. The standard InChI is InChI=1S/C27H34N2O2S.C24H28N2O4S.C19H21BrN2O2S/c28-17-19-4-5-22-21(14-19)27(18-31-22)10-12-29(13-11-27)25(30)23-15-20-6-9-26(16-24(20)32-23)7-2-1-3-8-26;1-2-29-23-20-16(4-3-5-18(20)27)21(31-23)22(28)26-10-8-24(9-11-26)14-30-19-7-6-15(13-25)12-17(19)24;1-12-8-16(25-17(12)20)18(23)22-6-4-19(5-7-22)11-24-15-3-2-13(10-21)9-14(15)19/h4-5,14-15H,1-3,6-13,16-18,28H2;6-7,12H,2-5,8-11,13-14,25H2,1H3;2-3,8-9H,4-7,10-11,21H2,1H3. The fraction of sp³-hybridized carbons (Fsp3) is 0.514. The van der Waals surface area contributed by atoms with Crippen LogP contribution in [0.4, 0.5) is 0 Å². The molecule has 0 radical (unpaired) electrons. The number of halogens is 1. The molecule has 3 amide bonds. The zero-order chi connectivity index (χ0) is 61.0. The first-order valence-electron chi connectivity index (χ1n) is 32.1. The highest BCUT2D eigenvalue weighted by Gasteiger charge is 2.48. The number of aryl methyl sites for hydroxylation is 2. The summed E-state index contributed by atoms with van der Waals surface area (Å²) in [7, 11) is 0. The van der Waals surface area contributed by atoms with E-state index in [0.29, 0.717) is 79.9 Å². The van der Waals surface area contributed by atoms with Gasteiger partial charge in [0.25, 0.3) is 17.7 Å². The summed E-state index contributed by atoms with van der Waals surface area (Å²) in [6.07, 6.45) is 18.3. The van der Waals surface area contributed by atoms with Crippen molar-refractivity contribution in [1.82, 2.24) is 14.7 Å². The molecule has 3 saturated heterocycles. The molecule has 18 heteroatoms. The third kappa shape index (κ3) is 11.6. The molecule has 6 N–H and O–H groups in total. The fourth-order valence-corrected chi connectivity index (χ4v) is 19.8. The van der Waals surface area contributed by atoms with Gasteiger partial charge in [0.15, 0.2) is 10.8 Å². The predicted octanol–water partition coefficient (Wildman–Crippen LogP) is 12.7. The van der Waals surface area contributed by atoms with Crippen LogP contribution < -0.4 is 36.1 Å². The normalized spacial score (nSPS) is 20.3. The summed E-state index contributed by atoms with van der Waals surface area (Å²) < 4.78 is 24.7. The Morgan fingerprint density at radius 3 is 1.50 bits per heavy atom. The van der Waals surface area contributed by atoms with Crippen LogP contribution in [0.15, 0.2) is 70.5 Å². The average Bonchev–Trinajstić information content (AvgIpc) is 2.33. The van der Waals surface area contributed by atoms with Gasteiger partial charge in [-0.2, -0.15) is 0 Å². The summed E-state index contributed by atoms with van der Waals surface area (Å²) in [5.41, 5.74) is 29.5. The zero-order valence-corrected chi connectivity index (χ0v) is 55.0. The van der Waals surface area contributed by atoms with E-state index in [2.05, 4.69) is 57.2 Å². The van der Waals surface area contributed by atoms with Gasteiger partial charge in [0.2, 0.25) is 0 Å². The number of benzene rings is 3. The van der Waals surface area contributed by atoms with Crippen molar-refractivity contribution in [3.8, 4) is 22.3 Å². The van der Waals surface area contributed by atoms with Crippen LogP contribution in [0.2, 0.25) is 0 Å². The van der Waals surface area contributed by atoms with E-state index >= 15 is 0 Å². The first-order chi connectivity index (χ1) is 42.7. The number of ketones is 1. The number of rotatable bonds is 8. The molecule has 6 aromatic rings. The van der Waals surface area contributed by atoms with Crippen LogP contribution in [0.5, 0.6) is 22.3 Å². The van der Waals surface area contributed by atoms with Gasteiger partial charge in [-0.25, -0.2) is 0 Å². The highest BCUT2D eigenvalue weighted by molar-refractivity contribution is 9.11. The van der Waals surface area contributed by atoms with Crippen LogP contribution in [0, 0.1) is 12.3 Å². The molecule has 6 aliphatic heterocycles. The van der Waals surface area contributed by atoms with Gasteiger partial charge in [-0.05, 0) is 182 Å². The number of piperidine rings is 3. The van der Waals surface area contributed by atoms with E-state index in [1.807, 2.05) is 54.0 Å². The minimum atomic E-state index is -0.0430. The van der Waals surface area contributed by atoms with Crippen molar-refractivity contribution in [1.29, 1.82) is 0 Å². The van der Waals surface area contributed by atoms with Crippen LogP contribution in [0.25, 0.3) is 0 Å². The van der Waals surface area contributed by atoms with E-state index in [0.717, 1.165) is 143 Å². The molecule has 3 aromatic carbocycles. The lowest BCUT2D eigenvalue weighted by atomic mass is 9.66. The van der Waals surface area contributed by atoms with Gasteiger partial charge in [-0.1, -0.05) is 67.0 Å². The van der Waals surface area contributed by atoms with E-state index in [4.69, 9.17) is 36.1 Å². The third-order valence-corrected chi connectivity index (χ3v) is 25.6. The van der Waals surface area contributed by atoms with Crippen molar-refractivity contribution in [3.05, 3.63) is 146 Å². The SMILES string of the molecule is CCOc1sc(C(=O)N2CCC3(CC2)COc2ccc(CN)cc23)c2c1C(=O)CCC2.Cc1cc(C(=O)N2CCC3(CC2)COc2ccc(CN)cc23)sc1Br.NCc1ccc2c(c1)C1(CCN(C(=O)c3cc4c(s3)CC3(CCCCC3)CC4)CC1)CO2. The maximum absolute atomic E-state index is 13.5. The van der Waals surface area contributed by atoms with E-state index in [1.165, 1.54) is 101 Å². The number of fused-ring (bicyclic) bond motifs is 8. The third-order valence-electron chi connectivity index (χ3n) is 21.2. The summed E-state index contributed by atoms with van der Waals surface area (Å²) in [6, 6.07) is 23.0. The molecule has 0 atom stereocenters. The Bertz CT molecular complexity index is 3610. The number of nitrogens with two attached hydrogens (primary N) is 3. The first-order valence-corrected chi connectivity index (χ1v) is 35.4. The minimum Gasteiger partial charge on any atom is -0.492 e. The average molecular weight is 1310 g/mol. The van der Waals surface area contributed by atoms with Gasteiger partial charge in [0.1, 0.15) is 17.2 Å². The highest BCUT2D eigenvalue weighted by atomic mass is 79.9. The first kappa shape index (κ1) is 61.3. The Kier molecular flexibility index (Phi) is 17.6. The van der Waals surface area contributed by atoms with E-state index in [1.54, 1.807) is 11.3 Å². The number of carbonyl (C=O) groups is 4. The van der Waals surface area contributed by atoms with Gasteiger partial charge in [-0.3, -0.25) is 19.2 Å². The summed E-state index contributed by atoms with van der Waals surface area (Å²) in [4.78, 5) is 62.2. The minimum absolute atomic E-state index is 0.0310. The van der Waals surface area contributed by atoms with Gasteiger partial charge in [0.05, 0.1) is 50.4 Å². The highest BCUT2D eigenvalue weighted by Crippen LogP contribution is 2.52. The molecule has 9 heterocycles. The second-order valence-electron chi connectivity index (χ2n) is 26.3. The van der Waals surface area contributed by atoms with Crippen LogP contribution >= 0.6 is 49.9 Å². The lowest BCUT2D eigenvalue weighted by Crippen LogP contribution is -2.46. The topological polar surface area (TPSA) is 193 Å². The number of nitrogens with zero attached hydrogens (tertiary/aromatic N) is 3. The number of carbonyl (C=O) groups excluding carboxylic acids is 4. The lowest BCUT2D eigenvalue weighted by molar-refractivity contribution is 0.0643. The second kappa shape index (κ2) is 25.2. The molecule has 466 valence electrons. The summed E-state index contributed by atoms with van der Waals surface area (Å²) in [5.74, 6) is 3.46. The van der Waals surface area contributed by atoms with Crippen molar-refractivity contribution >= 4 is 73.4 Å². The number of amides is 3. The van der Waals surface area contributed by atoms with E-state index in [9.17, 15) is 19.2 Å². The van der Waals surface area contributed by atoms with E-state index in [-0.39, 0.29) is 39.7 Å². The predicted molar refractivity (Wildman–Crippen MR) is 351 cm³/mol. The van der Waals surface area contributed by atoms with Gasteiger partial charge in [-0.15, -0.1) is 22.7 Å². The smallest absolute Gasteiger partial charge is 0.264 e. The fourth-order valence-electron chi connectivity index (χ4n) is 15.7. The summed E-state index contributed by atoms with van der Waals surface area (Å²) in [5, 5.41) is 0.617. The Morgan fingerprint density at radius 1 is 0.568 bits per heavy atom. The number of ether oxygens (including phenoxy) is 4. The zero-order valence-electron chi connectivity index (χ0n) is 51.0. The number of Topliss-reactive ketones (excluding diaryl/α,β-unsaturated/α-hetero) is 1. The van der Waals surface area contributed by atoms with Crippen molar-refractivity contribution in [2.24, 2.45) is 22.6 Å². The van der Waals surface area contributed by atoms with Crippen LogP contribution in [0.3, 0.4) is 0 Å². The molecule has 3 aromatic heterocycles. The number of hydrogen-bond acceptors (Lipinski definition) is 14. The maximum Gasteiger partial charge on any atom is 0.264 e. The molecule has 15 rings (SSSR count). The Balaban J connectivity index is 0.000000123. The van der Waals surface area contributed by atoms with Gasteiger partial charge >= 0.3 is 0 Å². The monoisotopic (exact) mass is 1310 g/mol. The quantitative estimate of drug-likeness (QED) is 0.131. The van der Waals surface area contributed by atoms with Crippen molar-refractivity contribution in [3.63, 3.8) is 0 Å². The number of thiophene rings is 3. The molecular weight excluding hydrogens is 1230 g/mol. The number of likely N-dealkylation sites (tertiary alicyclic amines) is 3. The van der Waals surface area contributed by atoms with Gasteiger partial charge < -0.3 is 50.8 Å². The maximum atomic E-state index is 13.5. The molecule has 4 spiro atoms. The number of hydrogen-bond donors (Lipinski definition) is 3. The van der Waals surface area contributed by atoms with Crippen molar-refractivity contribution in [2.45, 2.75) is 159 Å². The molecule has 0 bridgehead atoms. The molecule has 3 aliphatic carbocycles. The molecular formula is C70H83BrN6O8S3. The second-order valence-corrected chi connectivity index (χ2v) is 30.8. The van der Waals surface area contributed by atoms with E-state index < -0.39 is 0 Å². The molecule has 9 aliphatic rings. The molecule has 1 saturated carbocycles. The van der Waals surface area contributed by atoms with Crippen LogP contribution in [-0.2, 0) is 55.1 Å². The van der Waals surface area contributed by atoms with Crippen molar-refractivity contribution in [2.75, 3.05) is 65.7 Å². The Morgan fingerprint density at radius 2 is 1.05 bits per heavy atom.